The van der Waals surface area contributed by atoms with E-state index in [-0.39, 0.29) is 6.03 Å². The molecule has 0 spiro atoms. The predicted octanol–water partition coefficient (Wildman–Crippen LogP) is 3.22. The lowest BCUT2D eigenvalue weighted by molar-refractivity contribution is 0.252. The SMILES string of the molecule is O=C(NCCCn1ccnc1)Nc1ccc(-c2nccs2)cc1. The van der Waals surface area contributed by atoms with Crippen molar-refractivity contribution >= 4 is 23.1 Å². The number of carbonyl (C=O) groups is 1. The minimum atomic E-state index is -0.197. The van der Waals surface area contributed by atoms with Crippen LogP contribution in [0.4, 0.5) is 10.5 Å². The van der Waals surface area contributed by atoms with Crippen molar-refractivity contribution in [2.24, 2.45) is 0 Å². The molecular weight excluding hydrogens is 310 g/mol. The number of urea groups is 1. The highest BCUT2D eigenvalue weighted by molar-refractivity contribution is 7.13. The fourth-order valence-electron chi connectivity index (χ4n) is 2.12. The van der Waals surface area contributed by atoms with Crippen molar-refractivity contribution in [3.63, 3.8) is 0 Å². The van der Waals surface area contributed by atoms with Gasteiger partial charge in [0.25, 0.3) is 0 Å². The Morgan fingerprint density at radius 3 is 2.78 bits per heavy atom. The zero-order valence-corrected chi connectivity index (χ0v) is 13.3. The summed E-state index contributed by atoms with van der Waals surface area (Å²) in [6.07, 6.45) is 8.06. The van der Waals surface area contributed by atoms with Crippen molar-refractivity contribution in [1.82, 2.24) is 19.9 Å². The summed E-state index contributed by atoms with van der Waals surface area (Å²) in [4.78, 5) is 20.1. The van der Waals surface area contributed by atoms with Crippen molar-refractivity contribution in [3.8, 4) is 10.6 Å². The molecule has 6 nitrogen and oxygen atoms in total. The number of nitrogens with zero attached hydrogens (tertiary/aromatic N) is 3. The van der Waals surface area contributed by atoms with Gasteiger partial charge in [0, 0.05) is 48.3 Å². The van der Waals surface area contributed by atoms with Crippen LogP contribution in [0.3, 0.4) is 0 Å². The standard InChI is InChI=1S/C16H17N5OS/c22-16(19-6-1-9-21-10-7-17-12-21)20-14-4-2-13(3-5-14)15-18-8-11-23-15/h2-5,7-8,10-12H,1,6,9H2,(H2,19,20,22). The van der Waals surface area contributed by atoms with E-state index in [9.17, 15) is 4.79 Å². The molecule has 2 heterocycles. The Kier molecular flexibility index (Phi) is 5.00. The van der Waals surface area contributed by atoms with Crippen molar-refractivity contribution in [2.45, 2.75) is 13.0 Å². The van der Waals surface area contributed by atoms with Crippen LogP contribution in [0, 0.1) is 0 Å². The van der Waals surface area contributed by atoms with E-state index >= 15 is 0 Å². The quantitative estimate of drug-likeness (QED) is 0.683. The molecule has 0 saturated carbocycles. The van der Waals surface area contributed by atoms with Gasteiger partial charge in [-0.25, -0.2) is 14.8 Å². The van der Waals surface area contributed by atoms with E-state index in [0.29, 0.717) is 6.54 Å². The van der Waals surface area contributed by atoms with Crippen LogP contribution >= 0.6 is 11.3 Å². The van der Waals surface area contributed by atoms with Gasteiger partial charge in [0.1, 0.15) is 5.01 Å². The normalized spacial score (nSPS) is 10.4. The summed E-state index contributed by atoms with van der Waals surface area (Å²) in [5, 5.41) is 8.58. The Morgan fingerprint density at radius 2 is 2.09 bits per heavy atom. The Labute approximate surface area is 138 Å². The second kappa shape index (κ2) is 7.55. The van der Waals surface area contributed by atoms with E-state index in [0.717, 1.165) is 29.2 Å². The maximum atomic E-state index is 11.8. The minimum Gasteiger partial charge on any atom is -0.338 e. The number of hydrogen-bond donors (Lipinski definition) is 2. The Bertz CT molecular complexity index is 722. The zero-order chi connectivity index (χ0) is 15.9. The van der Waals surface area contributed by atoms with Gasteiger partial charge in [-0.1, -0.05) is 0 Å². The third kappa shape index (κ3) is 4.40. The second-order valence-electron chi connectivity index (χ2n) is 4.95. The summed E-state index contributed by atoms with van der Waals surface area (Å²) in [6.45, 7) is 1.45. The fourth-order valence-corrected chi connectivity index (χ4v) is 2.76. The molecule has 0 radical (unpaired) electrons. The maximum absolute atomic E-state index is 11.8. The van der Waals surface area contributed by atoms with Gasteiger partial charge in [0.2, 0.25) is 0 Å². The van der Waals surface area contributed by atoms with E-state index in [1.165, 1.54) is 0 Å². The summed E-state index contributed by atoms with van der Waals surface area (Å²) in [6, 6.07) is 7.46. The van der Waals surface area contributed by atoms with Gasteiger partial charge in [-0.05, 0) is 30.7 Å². The molecule has 0 aliphatic carbocycles. The highest BCUT2D eigenvalue weighted by atomic mass is 32.1. The highest BCUT2D eigenvalue weighted by Crippen LogP contribution is 2.23. The zero-order valence-electron chi connectivity index (χ0n) is 12.5. The lowest BCUT2D eigenvalue weighted by Crippen LogP contribution is -2.29. The van der Waals surface area contributed by atoms with Gasteiger partial charge >= 0.3 is 6.03 Å². The van der Waals surface area contributed by atoms with Crippen molar-refractivity contribution in [1.29, 1.82) is 0 Å². The van der Waals surface area contributed by atoms with Crippen LogP contribution < -0.4 is 10.6 Å². The number of nitrogens with one attached hydrogen (secondary N) is 2. The van der Waals surface area contributed by atoms with Crippen LogP contribution in [0.15, 0.2) is 54.6 Å². The van der Waals surface area contributed by atoms with E-state index in [2.05, 4.69) is 20.6 Å². The number of aromatic nitrogens is 3. The minimum absolute atomic E-state index is 0.197. The molecule has 0 atom stereocenters. The molecule has 2 N–H and O–H groups in total. The molecule has 2 amide bonds. The molecule has 3 aromatic rings. The highest BCUT2D eigenvalue weighted by Gasteiger charge is 2.03. The molecule has 1 aromatic carbocycles. The molecular formula is C16H17N5OS. The average Bonchev–Trinajstić information content (AvgIpc) is 3.26. The summed E-state index contributed by atoms with van der Waals surface area (Å²) in [5.41, 5.74) is 1.81. The number of amides is 2. The van der Waals surface area contributed by atoms with Crippen LogP contribution in [-0.2, 0) is 6.54 Å². The van der Waals surface area contributed by atoms with E-state index < -0.39 is 0 Å². The first-order valence-electron chi connectivity index (χ1n) is 7.32. The molecule has 2 aromatic heterocycles. The number of rotatable bonds is 6. The summed E-state index contributed by atoms with van der Waals surface area (Å²) in [5.74, 6) is 0. The van der Waals surface area contributed by atoms with Gasteiger partial charge in [-0.3, -0.25) is 0 Å². The first-order chi connectivity index (χ1) is 11.3. The Hall–Kier alpha value is -2.67. The molecule has 0 aliphatic rings. The van der Waals surface area contributed by atoms with E-state index in [1.807, 2.05) is 40.4 Å². The van der Waals surface area contributed by atoms with Crippen LogP contribution in [-0.4, -0.2) is 27.1 Å². The lowest BCUT2D eigenvalue weighted by atomic mass is 10.2. The van der Waals surface area contributed by atoms with Gasteiger partial charge in [-0.15, -0.1) is 11.3 Å². The predicted molar refractivity (Wildman–Crippen MR) is 91.4 cm³/mol. The molecule has 7 heteroatoms. The monoisotopic (exact) mass is 327 g/mol. The number of aryl methyl sites for hydroxylation is 1. The van der Waals surface area contributed by atoms with E-state index in [4.69, 9.17) is 0 Å². The Morgan fingerprint density at radius 1 is 1.22 bits per heavy atom. The summed E-state index contributed by atoms with van der Waals surface area (Å²) < 4.78 is 1.98. The molecule has 0 saturated heterocycles. The first kappa shape index (κ1) is 15.2. The van der Waals surface area contributed by atoms with Crippen molar-refractivity contribution < 1.29 is 4.79 Å². The molecule has 0 fully saturated rings. The van der Waals surface area contributed by atoms with Crippen LogP contribution in [0.25, 0.3) is 10.6 Å². The van der Waals surface area contributed by atoms with Crippen LogP contribution in [0.2, 0.25) is 0 Å². The smallest absolute Gasteiger partial charge is 0.319 e. The number of benzene rings is 1. The van der Waals surface area contributed by atoms with Gasteiger partial charge in [0.05, 0.1) is 6.33 Å². The molecule has 23 heavy (non-hydrogen) atoms. The first-order valence-corrected chi connectivity index (χ1v) is 8.20. The Balaban J connectivity index is 1.42. The molecule has 3 rings (SSSR count). The number of imidazole rings is 1. The van der Waals surface area contributed by atoms with Gasteiger partial charge in [0.15, 0.2) is 0 Å². The summed E-state index contributed by atoms with van der Waals surface area (Å²) in [7, 11) is 0. The van der Waals surface area contributed by atoms with Gasteiger partial charge < -0.3 is 15.2 Å². The third-order valence-electron chi connectivity index (χ3n) is 3.26. The molecule has 0 bridgehead atoms. The maximum Gasteiger partial charge on any atom is 0.319 e. The number of anilines is 1. The number of carbonyl (C=O) groups excluding carboxylic acids is 1. The van der Waals surface area contributed by atoms with Crippen molar-refractivity contribution in [3.05, 3.63) is 54.6 Å². The molecule has 118 valence electrons. The fraction of sp³-hybridized carbons (Fsp3) is 0.188. The van der Waals surface area contributed by atoms with Crippen LogP contribution in [0.1, 0.15) is 6.42 Å². The topological polar surface area (TPSA) is 71.8 Å². The average molecular weight is 327 g/mol. The number of hydrogen-bond acceptors (Lipinski definition) is 4. The lowest BCUT2D eigenvalue weighted by Gasteiger charge is -2.08. The summed E-state index contributed by atoms with van der Waals surface area (Å²) >= 11 is 1.59. The largest absolute Gasteiger partial charge is 0.338 e. The van der Waals surface area contributed by atoms with Crippen molar-refractivity contribution in [2.75, 3.05) is 11.9 Å². The van der Waals surface area contributed by atoms with Gasteiger partial charge in [-0.2, -0.15) is 0 Å². The molecule has 0 aliphatic heterocycles. The third-order valence-corrected chi connectivity index (χ3v) is 4.08. The van der Waals surface area contributed by atoms with E-state index in [1.54, 1.807) is 30.1 Å². The molecule has 0 unspecified atom stereocenters. The second-order valence-corrected chi connectivity index (χ2v) is 5.84. The number of thiazole rings is 1. The van der Waals surface area contributed by atoms with Crippen LogP contribution in [0.5, 0.6) is 0 Å².